The number of carbonyl (C=O) groups excluding carboxylic acids is 1. The summed E-state index contributed by atoms with van der Waals surface area (Å²) in [5.74, 6) is 1.80. The molecule has 2 N–H and O–H groups in total. The maximum absolute atomic E-state index is 12.5. The van der Waals surface area contributed by atoms with Gasteiger partial charge in [-0.15, -0.1) is 0 Å². The number of piperidine rings is 1. The molecule has 18 heavy (non-hydrogen) atoms. The summed E-state index contributed by atoms with van der Waals surface area (Å²) in [4.78, 5) is 14.5. The molecule has 1 aliphatic carbocycles. The molecule has 0 radical (unpaired) electrons. The van der Waals surface area contributed by atoms with Crippen LogP contribution in [0.15, 0.2) is 0 Å². The van der Waals surface area contributed by atoms with Crippen LogP contribution in [-0.2, 0) is 4.79 Å². The normalized spacial score (nSPS) is 44.1. The molecule has 3 rings (SSSR count). The Hall–Kier alpha value is -0.610. The number of aliphatic hydroxyl groups excluding tert-OH is 1. The lowest BCUT2D eigenvalue weighted by Crippen LogP contribution is -2.49. The number of nitrogens with zero attached hydrogens (tertiary/aromatic N) is 1. The van der Waals surface area contributed by atoms with E-state index >= 15 is 0 Å². The smallest absolute Gasteiger partial charge is 0.239 e. The Bertz CT molecular complexity index is 334. The third-order valence-electron chi connectivity index (χ3n) is 5.09. The lowest BCUT2D eigenvalue weighted by Gasteiger charge is -2.31. The fourth-order valence-electron chi connectivity index (χ4n) is 3.93. The summed E-state index contributed by atoms with van der Waals surface area (Å²) in [6, 6.07) is 0.0183. The summed E-state index contributed by atoms with van der Waals surface area (Å²) in [6.07, 6.45) is 3.98. The molecule has 0 aromatic rings. The van der Waals surface area contributed by atoms with Gasteiger partial charge in [0.25, 0.3) is 0 Å². The second-order valence-corrected chi connectivity index (χ2v) is 6.45. The minimum atomic E-state index is -0.175. The van der Waals surface area contributed by atoms with Crippen molar-refractivity contribution in [3.05, 3.63) is 0 Å². The summed E-state index contributed by atoms with van der Waals surface area (Å²) in [5, 5.41) is 13.2. The van der Waals surface area contributed by atoms with Gasteiger partial charge < -0.3 is 15.3 Å². The van der Waals surface area contributed by atoms with Gasteiger partial charge >= 0.3 is 0 Å². The number of hydrogen-bond donors (Lipinski definition) is 2. The largest absolute Gasteiger partial charge is 0.393 e. The molecule has 102 valence electrons. The summed E-state index contributed by atoms with van der Waals surface area (Å²) >= 11 is 0. The molecule has 4 nitrogen and oxygen atoms in total. The molecule has 3 fully saturated rings. The van der Waals surface area contributed by atoms with Crippen LogP contribution in [0.2, 0.25) is 0 Å². The van der Waals surface area contributed by atoms with E-state index in [1.165, 1.54) is 6.42 Å². The van der Waals surface area contributed by atoms with Gasteiger partial charge in [-0.2, -0.15) is 0 Å². The zero-order valence-corrected chi connectivity index (χ0v) is 11.1. The van der Waals surface area contributed by atoms with Gasteiger partial charge in [0.15, 0.2) is 0 Å². The topological polar surface area (TPSA) is 52.6 Å². The fourth-order valence-corrected chi connectivity index (χ4v) is 3.93. The van der Waals surface area contributed by atoms with Crippen LogP contribution < -0.4 is 5.32 Å². The van der Waals surface area contributed by atoms with E-state index in [1.807, 2.05) is 4.90 Å². The van der Waals surface area contributed by atoms with Crippen LogP contribution in [-0.4, -0.2) is 47.7 Å². The molecule has 5 unspecified atom stereocenters. The Labute approximate surface area is 109 Å². The average Bonchev–Trinajstić information content (AvgIpc) is 2.91. The highest BCUT2D eigenvalue weighted by Crippen LogP contribution is 2.38. The minimum Gasteiger partial charge on any atom is -0.393 e. The molecule has 2 saturated heterocycles. The molecule has 1 amide bonds. The zero-order chi connectivity index (χ0) is 12.7. The predicted octanol–water partition coefficient (Wildman–Crippen LogP) is 0.604. The molecular formula is C14H24N2O2. The summed E-state index contributed by atoms with van der Waals surface area (Å²) in [6.45, 7) is 4.83. The lowest BCUT2D eigenvalue weighted by atomic mass is 9.93. The molecule has 0 aromatic heterocycles. The molecule has 0 spiro atoms. The number of rotatable bonds is 1. The summed E-state index contributed by atoms with van der Waals surface area (Å²) in [7, 11) is 0. The Kier molecular flexibility index (Phi) is 3.32. The third kappa shape index (κ3) is 2.16. The van der Waals surface area contributed by atoms with E-state index in [9.17, 15) is 9.90 Å². The number of nitrogens with one attached hydrogen (secondary N) is 1. The van der Waals surface area contributed by atoms with Gasteiger partial charge in [-0.25, -0.2) is 0 Å². The lowest BCUT2D eigenvalue weighted by molar-refractivity contribution is -0.133. The Balaban J connectivity index is 1.60. The Morgan fingerprint density at radius 2 is 2.11 bits per heavy atom. The fraction of sp³-hybridized carbons (Fsp3) is 0.929. The molecule has 2 aliphatic heterocycles. The number of hydrogen-bond acceptors (Lipinski definition) is 3. The number of fused-ring (bicyclic) bond motifs is 1. The van der Waals surface area contributed by atoms with Gasteiger partial charge in [0.2, 0.25) is 5.91 Å². The van der Waals surface area contributed by atoms with E-state index in [2.05, 4.69) is 12.2 Å². The van der Waals surface area contributed by atoms with E-state index in [4.69, 9.17) is 0 Å². The highest BCUT2D eigenvalue weighted by Gasteiger charge is 2.44. The quantitative estimate of drug-likeness (QED) is 0.719. The van der Waals surface area contributed by atoms with Crippen molar-refractivity contribution in [2.45, 2.75) is 44.8 Å². The van der Waals surface area contributed by atoms with Crippen LogP contribution in [0.5, 0.6) is 0 Å². The molecule has 3 aliphatic rings. The number of carbonyl (C=O) groups is 1. The molecule has 0 aromatic carbocycles. The third-order valence-corrected chi connectivity index (χ3v) is 5.09. The Morgan fingerprint density at radius 3 is 2.83 bits per heavy atom. The Morgan fingerprint density at radius 1 is 1.28 bits per heavy atom. The van der Waals surface area contributed by atoms with Crippen molar-refractivity contribution >= 4 is 5.91 Å². The van der Waals surface area contributed by atoms with E-state index in [0.717, 1.165) is 38.9 Å². The molecule has 5 atom stereocenters. The number of amides is 1. The van der Waals surface area contributed by atoms with Crippen molar-refractivity contribution in [2.75, 3.05) is 19.6 Å². The van der Waals surface area contributed by atoms with Crippen LogP contribution in [0.4, 0.5) is 0 Å². The number of aliphatic hydroxyl groups is 1. The van der Waals surface area contributed by atoms with Crippen LogP contribution in [0.25, 0.3) is 0 Å². The molecule has 0 bridgehead atoms. The second kappa shape index (κ2) is 4.82. The van der Waals surface area contributed by atoms with E-state index in [1.54, 1.807) is 0 Å². The maximum Gasteiger partial charge on any atom is 0.239 e. The molecule has 1 saturated carbocycles. The van der Waals surface area contributed by atoms with Gasteiger partial charge in [0, 0.05) is 19.0 Å². The van der Waals surface area contributed by atoms with Crippen molar-refractivity contribution in [1.82, 2.24) is 10.2 Å². The first-order chi connectivity index (χ1) is 8.65. The van der Waals surface area contributed by atoms with Crippen LogP contribution >= 0.6 is 0 Å². The van der Waals surface area contributed by atoms with Gasteiger partial charge in [0.1, 0.15) is 0 Å². The van der Waals surface area contributed by atoms with Crippen molar-refractivity contribution in [3.8, 4) is 0 Å². The maximum atomic E-state index is 12.5. The van der Waals surface area contributed by atoms with Crippen LogP contribution in [0, 0.1) is 17.8 Å². The molecular weight excluding hydrogens is 228 g/mol. The molecule has 4 heteroatoms. The van der Waals surface area contributed by atoms with Gasteiger partial charge in [-0.05, 0) is 44.1 Å². The second-order valence-electron chi connectivity index (χ2n) is 6.45. The average molecular weight is 252 g/mol. The van der Waals surface area contributed by atoms with Crippen LogP contribution in [0.3, 0.4) is 0 Å². The van der Waals surface area contributed by atoms with Crippen LogP contribution in [0.1, 0.15) is 32.6 Å². The van der Waals surface area contributed by atoms with E-state index < -0.39 is 0 Å². The zero-order valence-electron chi connectivity index (χ0n) is 11.1. The predicted molar refractivity (Wildman–Crippen MR) is 69.0 cm³/mol. The van der Waals surface area contributed by atoms with E-state index in [-0.39, 0.29) is 18.1 Å². The standard InChI is InChI=1S/C14H24N2O2/c1-9-4-5-15-12(6-9)14(18)16-7-10-2-3-13(17)11(10)8-16/h9-13,15,17H,2-8H2,1H3. The summed E-state index contributed by atoms with van der Waals surface area (Å²) < 4.78 is 0. The van der Waals surface area contributed by atoms with Gasteiger partial charge in [0.05, 0.1) is 12.1 Å². The first kappa shape index (κ1) is 12.4. The monoisotopic (exact) mass is 252 g/mol. The number of likely N-dealkylation sites (tertiary alicyclic amines) is 1. The highest BCUT2D eigenvalue weighted by atomic mass is 16.3. The van der Waals surface area contributed by atoms with Gasteiger partial charge in [-0.3, -0.25) is 4.79 Å². The van der Waals surface area contributed by atoms with Crippen molar-refractivity contribution in [2.24, 2.45) is 17.8 Å². The van der Waals surface area contributed by atoms with Crippen molar-refractivity contribution in [1.29, 1.82) is 0 Å². The first-order valence-electron chi connectivity index (χ1n) is 7.35. The summed E-state index contributed by atoms with van der Waals surface area (Å²) in [5.41, 5.74) is 0. The first-order valence-corrected chi connectivity index (χ1v) is 7.35. The van der Waals surface area contributed by atoms with E-state index in [0.29, 0.717) is 17.8 Å². The molecule has 2 heterocycles. The van der Waals surface area contributed by atoms with Crippen molar-refractivity contribution < 1.29 is 9.90 Å². The minimum absolute atomic E-state index is 0.0183. The highest BCUT2D eigenvalue weighted by molar-refractivity contribution is 5.82. The SMILES string of the molecule is CC1CCNC(C(=O)N2CC3CCC(O)C3C2)C1. The van der Waals surface area contributed by atoms with Gasteiger partial charge in [-0.1, -0.05) is 6.92 Å². The van der Waals surface area contributed by atoms with Crippen molar-refractivity contribution in [3.63, 3.8) is 0 Å².